The molecule has 0 amide bonds. The molecular weight excluding hydrogens is 308 g/mol. The first-order valence-corrected chi connectivity index (χ1v) is 7.65. The average molecular weight is 322 g/mol. The molecule has 0 unspecified atom stereocenters. The molecule has 0 radical (unpaired) electrons. The number of allylic oxidation sites excluding steroid dienone is 2. The number of nitrogen functional groups attached to an aromatic ring is 1. The molecule has 0 bridgehead atoms. The van der Waals surface area contributed by atoms with Crippen LogP contribution in [0.5, 0.6) is 0 Å². The molecule has 2 aromatic rings. The van der Waals surface area contributed by atoms with Crippen molar-refractivity contribution in [2.24, 2.45) is 5.73 Å². The summed E-state index contributed by atoms with van der Waals surface area (Å²) in [4.78, 5) is 0. The molecule has 8 heteroatoms. The largest absolute Gasteiger partial charge is 0.401 e. The second kappa shape index (κ2) is 6.96. The van der Waals surface area contributed by atoms with Gasteiger partial charge in [-0.3, -0.25) is 5.41 Å². The molecule has 1 aromatic heterocycles. The van der Waals surface area contributed by atoms with Crippen LogP contribution in [-0.4, -0.2) is 16.0 Å². The SMILES string of the molecule is N=C(c1c[n+](C(C=CSCl)=CN)[nH]n1)c1ccccc1N. The molecule has 108 valence electrons. The van der Waals surface area contributed by atoms with E-state index in [0.717, 1.165) is 11.0 Å². The maximum absolute atomic E-state index is 8.19. The summed E-state index contributed by atoms with van der Waals surface area (Å²) in [5, 5.41) is 16.7. The first-order valence-electron chi connectivity index (χ1n) is 5.94. The second-order valence-electron chi connectivity index (χ2n) is 4.04. The Morgan fingerprint density at radius 3 is 2.86 bits per heavy atom. The van der Waals surface area contributed by atoms with Crippen molar-refractivity contribution < 1.29 is 4.68 Å². The van der Waals surface area contributed by atoms with Crippen LogP contribution in [0.15, 0.2) is 48.1 Å². The zero-order chi connectivity index (χ0) is 15.2. The fraction of sp³-hybridized carbons (Fsp3) is 0. The van der Waals surface area contributed by atoms with Gasteiger partial charge >= 0.3 is 0 Å². The Labute approximate surface area is 130 Å². The van der Waals surface area contributed by atoms with Gasteiger partial charge in [0.1, 0.15) is 5.71 Å². The number of aromatic amines is 1. The predicted octanol–water partition coefficient (Wildman–Crippen LogP) is 1.85. The number of nitrogens with zero attached hydrogens (tertiary/aromatic N) is 2. The molecule has 1 heterocycles. The van der Waals surface area contributed by atoms with Gasteiger partial charge in [0.25, 0.3) is 5.69 Å². The molecule has 0 aliphatic carbocycles. The lowest BCUT2D eigenvalue weighted by molar-refractivity contribution is -0.643. The smallest absolute Gasteiger partial charge is 0.267 e. The number of nitrogens with two attached hydrogens (primary N) is 2. The van der Waals surface area contributed by atoms with Gasteiger partial charge in [-0.05, 0) is 39.2 Å². The van der Waals surface area contributed by atoms with Crippen LogP contribution in [0.1, 0.15) is 11.3 Å². The number of benzene rings is 1. The first kappa shape index (κ1) is 15.1. The summed E-state index contributed by atoms with van der Waals surface area (Å²) in [5.41, 5.74) is 13.9. The maximum atomic E-state index is 8.19. The summed E-state index contributed by atoms with van der Waals surface area (Å²) >= 11 is 0. The summed E-state index contributed by atoms with van der Waals surface area (Å²) in [6.07, 6.45) is 4.79. The summed E-state index contributed by atoms with van der Waals surface area (Å²) in [6, 6.07) is 7.17. The molecule has 6 nitrogen and oxygen atoms in total. The standard InChI is InChI=1S/C13H13ClN6S/c14-21-6-5-9(7-15)20-8-12(18-19-20)13(17)10-3-1-2-4-11(10)16/h1-8H,15H2,(H3,16,17)/p+1. The number of nitrogens with one attached hydrogen (secondary N) is 2. The van der Waals surface area contributed by atoms with E-state index in [1.807, 2.05) is 12.1 Å². The molecule has 0 aliphatic heterocycles. The van der Waals surface area contributed by atoms with E-state index >= 15 is 0 Å². The van der Waals surface area contributed by atoms with Crippen molar-refractivity contribution in [3.63, 3.8) is 0 Å². The lowest BCUT2D eigenvalue weighted by atomic mass is 10.1. The second-order valence-corrected chi connectivity index (χ2v) is 5.03. The van der Waals surface area contributed by atoms with E-state index in [1.165, 1.54) is 6.20 Å². The fourth-order valence-corrected chi connectivity index (χ4v) is 2.06. The van der Waals surface area contributed by atoms with E-state index in [9.17, 15) is 0 Å². The Hall–Kier alpha value is -2.25. The number of halogens is 1. The molecule has 0 fully saturated rings. The molecule has 0 atom stereocenters. The monoisotopic (exact) mass is 321 g/mol. The van der Waals surface area contributed by atoms with Gasteiger partial charge in [0.15, 0.2) is 11.9 Å². The third kappa shape index (κ3) is 3.45. The normalized spacial score (nSPS) is 12.0. The maximum Gasteiger partial charge on any atom is 0.267 e. The van der Waals surface area contributed by atoms with E-state index in [0.29, 0.717) is 22.6 Å². The molecule has 2 rings (SSSR count). The molecule has 6 N–H and O–H groups in total. The van der Waals surface area contributed by atoms with Crippen LogP contribution in [0.2, 0.25) is 0 Å². The Balaban J connectivity index is 2.30. The van der Waals surface area contributed by atoms with Crippen LogP contribution in [0.4, 0.5) is 5.69 Å². The van der Waals surface area contributed by atoms with Crippen LogP contribution in [-0.2, 0) is 0 Å². The highest BCUT2D eigenvalue weighted by atomic mass is 35.7. The number of hydrogen-bond acceptors (Lipinski definition) is 5. The Morgan fingerprint density at radius 1 is 1.43 bits per heavy atom. The predicted molar refractivity (Wildman–Crippen MR) is 86.6 cm³/mol. The van der Waals surface area contributed by atoms with Crippen LogP contribution in [0.3, 0.4) is 0 Å². The minimum absolute atomic E-state index is 0.232. The summed E-state index contributed by atoms with van der Waals surface area (Å²) in [7, 11) is 6.56. The lowest BCUT2D eigenvalue weighted by Crippen LogP contribution is -2.33. The van der Waals surface area contributed by atoms with E-state index in [4.69, 9.17) is 27.6 Å². The van der Waals surface area contributed by atoms with Crippen LogP contribution >= 0.6 is 21.7 Å². The fourth-order valence-electron chi connectivity index (χ4n) is 1.71. The Bertz CT molecular complexity index is 706. The average Bonchev–Trinajstić information content (AvgIpc) is 2.98. The molecule has 0 saturated carbocycles. The number of H-pyrrole nitrogens is 1. The van der Waals surface area contributed by atoms with Crippen LogP contribution < -0.4 is 16.1 Å². The van der Waals surface area contributed by atoms with Gasteiger partial charge in [0, 0.05) is 22.5 Å². The number of rotatable bonds is 5. The van der Waals surface area contributed by atoms with E-state index < -0.39 is 0 Å². The van der Waals surface area contributed by atoms with Gasteiger partial charge < -0.3 is 11.5 Å². The zero-order valence-corrected chi connectivity index (χ0v) is 12.5. The van der Waals surface area contributed by atoms with Gasteiger partial charge in [0.2, 0.25) is 0 Å². The van der Waals surface area contributed by atoms with Crippen LogP contribution in [0.25, 0.3) is 5.70 Å². The lowest BCUT2D eigenvalue weighted by Gasteiger charge is -2.01. The third-order valence-electron chi connectivity index (χ3n) is 2.76. The van der Waals surface area contributed by atoms with Crippen molar-refractivity contribution in [2.45, 2.75) is 0 Å². The van der Waals surface area contributed by atoms with Gasteiger partial charge in [-0.15, -0.1) is 4.68 Å². The third-order valence-corrected chi connectivity index (χ3v) is 3.30. The Kier molecular flexibility index (Phi) is 5.02. The molecule has 21 heavy (non-hydrogen) atoms. The zero-order valence-electron chi connectivity index (χ0n) is 11.0. The first-order chi connectivity index (χ1) is 10.2. The highest BCUT2D eigenvalue weighted by Crippen LogP contribution is 2.14. The van der Waals surface area contributed by atoms with Crippen LogP contribution in [0, 0.1) is 5.41 Å². The summed E-state index contributed by atoms with van der Waals surface area (Å²) in [5.74, 6) is 0. The van der Waals surface area contributed by atoms with E-state index in [-0.39, 0.29) is 5.71 Å². The van der Waals surface area contributed by atoms with Crippen molar-refractivity contribution in [2.75, 3.05) is 5.73 Å². The summed E-state index contributed by atoms with van der Waals surface area (Å²) in [6.45, 7) is 0. The number of para-hydroxylation sites is 1. The highest BCUT2D eigenvalue weighted by molar-refractivity contribution is 8.23. The van der Waals surface area contributed by atoms with E-state index in [1.54, 1.807) is 34.5 Å². The minimum atomic E-state index is 0.232. The molecule has 0 saturated heterocycles. The van der Waals surface area contributed by atoms with E-state index in [2.05, 4.69) is 10.3 Å². The minimum Gasteiger partial charge on any atom is -0.401 e. The molecule has 0 aliphatic rings. The van der Waals surface area contributed by atoms with Crippen molar-refractivity contribution in [1.29, 1.82) is 5.41 Å². The van der Waals surface area contributed by atoms with Gasteiger partial charge in [-0.2, -0.15) is 0 Å². The Morgan fingerprint density at radius 2 is 2.19 bits per heavy atom. The number of anilines is 1. The number of hydrogen-bond donors (Lipinski definition) is 4. The summed E-state index contributed by atoms with van der Waals surface area (Å²) < 4.78 is 1.59. The van der Waals surface area contributed by atoms with Gasteiger partial charge in [0.05, 0.1) is 0 Å². The number of aromatic nitrogens is 3. The van der Waals surface area contributed by atoms with Gasteiger partial charge in [-0.1, -0.05) is 23.4 Å². The van der Waals surface area contributed by atoms with Crippen molar-refractivity contribution in [1.82, 2.24) is 10.3 Å². The topological polar surface area (TPSA) is 108 Å². The molecule has 0 spiro atoms. The highest BCUT2D eigenvalue weighted by Gasteiger charge is 2.19. The quantitative estimate of drug-likeness (QED) is 0.291. The molecule has 1 aromatic carbocycles. The molecular formula is C13H14ClN6S+. The van der Waals surface area contributed by atoms with Crippen molar-refractivity contribution >= 4 is 38.8 Å². The van der Waals surface area contributed by atoms with Crippen molar-refractivity contribution in [3.8, 4) is 0 Å². The van der Waals surface area contributed by atoms with Gasteiger partial charge in [-0.25, -0.2) is 0 Å². The van der Waals surface area contributed by atoms with Crippen molar-refractivity contribution in [3.05, 3.63) is 59.4 Å².